The van der Waals surface area contributed by atoms with Crippen molar-refractivity contribution in [1.29, 1.82) is 0 Å². The largest absolute Gasteiger partial charge is 0.289 e. The van der Waals surface area contributed by atoms with Crippen molar-refractivity contribution in [2.75, 3.05) is 0 Å². The first-order chi connectivity index (χ1) is 9.63. The zero-order valence-electron chi connectivity index (χ0n) is 11.6. The highest BCUT2D eigenvalue weighted by atomic mass is 16.1. The molecule has 0 fully saturated rings. The number of rotatable bonds is 2. The van der Waals surface area contributed by atoms with Crippen LogP contribution in [0.3, 0.4) is 0 Å². The van der Waals surface area contributed by atoms with Gasteiger partial charge >= 0.3 is 0 Å². The van der Waals surface area contributed by atoms with Gasteiger partial charge in [-0.1, -0.05) is 35.9 Å². The molecule has 1 aromatic heterocycles. The molecule has 2 heteroatoms. The van der Waals surface area contributed by atoms with Crippen LogP contribution >= 0.6 is 0 Å². The Bertz CT molecular complexity index is 788. The summed E-state index contributed by atoms with van der Waals surface area (Å²) < 4.78 is 0. The van der Waals surface area contributed by atoms with Crippen molar-refractivity contribution in [1.82, 2.24) is 4.98 Å². The molecule has 0 aliphatic carbocycles. The summed E-state index contributed by atoms with van der Waals surface area (Å²) in [6, 6.07) is 17.3. The SMILES string of the molecule is Cc1ccc(C(=O)c2ccc3nc(C)ccc3c2)cc1. The monoisotopic (exact) mass is 261 g/mol. The smallest absolute Gasteiger partial charge is 0.193 e. The molecule has 0 N–H and O–H groups in total. The first-order valence-electron chi connectivity index (χ1n) is 6.62. The lowest BCUT2D eigenvalue weighted by atomic mass is 10.0. The third kappa shape index (κ3) is 2.32. The van der Waals surface area contributed by atoms with Gasteiger partial charge in [-0.05, 0) is 38.1 Å². The molecule has 3 rings (SSSR count). The number of ketones is 1. The maximum atomic E-state index is 12.4. The lowest BCUT2D eigenvalue weighted by Gasteiger charge is -2.04. The van der Waals surface area contributed by atoms with Gasteiger partial charge < -0.3 is 0 Å². The van der Waals surface area contributed by atoms with Crippen molar-refractivity contribution in [3.63, 3.8) is 0 Å². The minimum atomic E-state index is 0.0486. The predicted molar refractivity (Wildman–Crippen MR) is 81.1 cm³/mol. The molecule has 0 atom stereocenters. The van der Waals surface area contributed by atoms with E-state index in [9.17, 15) is 4.79 Å². The van der Waals surface area contributed by atoms with E-state index >= 15 is 0 Å². The van der Waals surface area contributed by atoms with E-state index in [0.717, 1.165) is 27.7 Å². The Labute approximate surface area is 118 Å². The number of carbonyl (C=O) groups is 1. The van der Waals surface area contributed by atoms with Crippen LogP contribution in [0.25, 0.3) is 10.9 Å². The van der Waals surface area contributed by atoms with Crippen LogP contribution in [0.15, 0.2) is 54.6 Å². The standard InChI is InChI=1S/C18H15NO/c1-12-3-6-14(7-4-12)18(20)16-9-10-17-15(11-16)8-5-13(2)19-17/h3-11H,1-2H3. The quantitative estimate of drug-likeness (QED) is 0.650. The fourth-order valence-corrected chi connectivity index (χ4v) is 2.24. The molecule has 0 bridgehead atoms. The summed E-state index contributed by atoms with van der Waals surface area (Å²) in [5.41, 5.74) is 4.47. The average molecular weight is 261 g/mol. The molecule has 0 saturated heterocycles. The molecule has 0 saturated carbocycles. The number of pyridine rings is 1. The van der Waals surface area contributed by atoms with Crippen LogP contribution in [0.2, 0.25) is 0 Å². The average Bonchev–Trinajstić information content (AvgIpc) is 2.47. The molecule has 0 aliphatic rings. The van der Waals surface area contributed by atoms with Crippen molar-refractivity contribution in [2.45, 2.75) is 13.8 Å². The molecule has 1 heterocycles. The van der Waals surface area contributed by atoms with Crippen LogP contribution in [-0.2, 0) is 0 Å². The second kappa shape index (κ2) is 4.89. The zero-order valence-corrected chi connectivity index (χ0v) is 11.6. The number of nitrogens with zero attached hydrogens (tertiary/aromatic N) is 1. The summed E-state index contributed by atoms with van der Waals surface area (Å²) in [5, 5.41) is 0.994. The Kier molecular flexibility index (Phi) is 3.07. The molecule has 3 aromatic rings. The van der Waals surface area contributed by atoms with Gasteiger partial charge in [0.1, 0.15) is 0 Å². The van der Waals surface area contributed by atoms with E-state index in [4.69, 9.17) is 0 Å². The topological polar surface area (TPSA) is 30.0 Å². The van der Waals surface area contributed by atoms with E-state index in [-0.39, 0.29) is 5.78 Å². The van der Waals surface area contributed by atoms with Crippen molar-refractivity contribution in [3.8, 4) is 0 Å². The van der Waals surface area contributed by atoms with Gasteiger partial charge in [0.25, 0.3) is 0 Å². The van der Waals surface area contributed by atoms with Crippen molar-refractivity contribution >= 4 is 16.7 Å². The summed E-state index contributed by atoms with van der Waals surface area (Å²) in [6.45, 7) is 3.98. The normalized spacial score (nSPS) is 10.7. The molecule has 20 heavy (non-hydrogen) atoms. The number of hydrogen-bond donors (Lipinski definition) is 0. The molecular formula is C18H15NO. The number of carbonyl (C=O) groups excluding carboxylic acids is 1. The fraction of sp³-hybridized carbons (Fsp3) is 0.111. The number of aromatic nitrogens is 1. The maximum Gasteiger partial charge on any atom is 0.193 e. The van der Waals surface area contributed by atoms with Gasteiger partial charge in [-0.25, -0.2) is 0 Å². The third-order valence-corrected chi connectivity index (χ3v) is 3.40. The molecule has 0 spiro atoms. The second-order valence-electron chi connectivity index (χ2n) is 5.06. The molecular weight excluding hydrogens is 246 g/mol. The Hall–Kier alpha value is -2.48. The van der Waals surface area contributed by atoms with E-state index in [1.165, 1.54) is 0 Å². The molecule has 2 nitrogen and oxygen atoms in total. The number of benzene rings is 2. The summed E-state index contributed by atoms with van der Waals surface area (Å²) in [5.74, 6) is 0.0486. The highest BCUT2D eigenvalue weighted by molar-refractivity contribution is 6.10. The lowest BCUT2D eigenvalue weighted by molar-refractivity contribution is 0.103. The fourth-order valence-electron chi connectivity index (χ4n) is 2.24. The van der Waals surface area contributed by atoms with Crippen molar-refractivity contribution in [2.24, 2.45) is 0 Å². The second-order valence-corrected chi connectivity index (χ2v) is 5.06. The van der Waals surface area contributed by atoms with Crippen LogP contribution in [-0.4, -0.2) is 10.8 Å². The van der Waals surface area contributed by atoms with Crippen LogP contribution in [0.5, 0.6) is 0 Å². The van der Waals surface area contributed by atoms with Crippen LogP contribution in [0.4, 0.5) is 0 Å². The van der Waals surface area contributed by atoms with E-state index in [1.807, 2.05) is 68.4 Å². The number of aryl methyl sites for hydroxylation is 2. The minimum absolute atomic E-state index is 0.0486. The van der Waals surface area contributed by atoms with E-state index in [1.54, 1.807) is 0 Å². The van der Waals surface area contributed by atoms with Crippen molar-refractivity contribution in [3.05, 3.63) is 77.0 Å². The van der Waals surface area contributed by atoms with Crippen LogP contribution in [0.1, 0.15) is 27.2 Å². The molecule has 98 valence electrons. The van der Waals surface area contributed by atoms with Gasteiger partial charge in [0, 0.05) is 22.2 Å². The van der Waals surface area contributed by atoms with Crippen LogP contribution in [0, 0.1) is 13.8 Å². The van der Waals surface area contributed by atoms with Gasteiger partial charge in [-0.2, -0.15) is 0 Å². The van der Waals surface area contributed by atoms with Gasteiger partial charge in [-0.3, -0.25) is 9.78 Å². The van der Waals surface area contributed by atoms with E-state index < -0.39 is 0 Å². The highest BCUT2D eigenvalue weighted by Gasteiger charge is 2.09. The Morgan fingerprint density at radius 3 is 2.30 bits per heavy atom. The first-order valence-corrected chi connectivity index (χ1v) is 6.62. The molecule has 2 aromatic carbocycles. The minimum Gasteiger partial charge on any atom is -0.289 e. The van der Waals surface area contributed by atoms with E-state index in [0.29, 0.717) is 5.56 Å². The maximum absolute atomic E-state index is 12.4. The van der Waals surface area contributed by atoms with Gasteiger partial charge in [-0.15, -0.1) is 0 Å². The van der Waals surface area contributed by atoms with Gasteiger partial charge in [0.05, 0.1) is 5.52 Å². The zero-order chi connectivity index (χ0) is 14.1. The summed E-state index contributed by atoms with van der Waals surface area (Å²) in [4.78, 5) is 16.9. The van der Waals surface area contributed by atoms with Gasteiger partial charge in [0.15, 0.2) is 5.78 Å². The Morgan fingerprint density at radius 1 is 0.850 bits per heavy atom. The van der Waals surface area contributed by atoms with Crippen LogP contribution < -0.4 is 0 Å². The summed E-state index contributed by atoms with van der Waals surface area (Å²) in [7, 11) is 0. The molecule has 0 amide bonds. The first kappa shape index (κ1) is 12.5. The Balaban J connectivity index is 2.03. The highest BCUT2D eigenvalue weighted by Crippen LogP contribution is 2.17. The van der Waals surface area contributed by atoms with Gasteiger partial charge in [0.2, 0.25) is 0 Å². The summed E-state index contributed by atoms with van der Waals surface area (Å²) in [6.07, 6.45) is 0. The molecule has 0 aliphatic heterocycles. The van der Waals surface area contributed by atoms with E-state index in [2.05, 4.69) is 4.98 Å². The Morgan fingerprint density at radius 2 is 1.55 bits per heavy atom. The third-order valence-electron chi connectivity index (χ3n) is 3.40. The van der Waals surface area contributed by atoms with Crippen molar-refractivity contribution < 1.29 is 4.79 Å². The number of hydrogen-bond acceptors (Lipinski definition) is 2. The summed E-state index contributed by atoms with van der Waals surface area (Å²) >= 11 is 0. The number of fused-ring (bicyclic) bond motifs is 1. The lowest BCUT2D eigenvalue weighted by Crippen LogP contribution is -2.01. The molecule has 0 unspecified atom stereocenters. The predicted octanol–water partition coefficient (Wildman–Crippen LogP) is 4.08. The molecule has 0 radical (unpaired) electrons.